The Hall–Kier alpha value is -2.44. The van der Waals surface area contributed by atoms with E-state index in [1.54, 1.807) is 6.07 Å². The van der Waals surface area contributed by atoms with Crippen molar-refractivity contribution in [3.8, 4) is 11.5 Å². The fraction of sp³-hybridized carbons (Fsp3) is 0.154. The van der Waals surface area contributed by atoms with Crippen molar-refractivity contribution < 1.29 is 27.5 Å². The zero-order valence-corrected chi connectivity index (χ0v) is 10.3. The Morgan fingerprint density at radius 1 is 1.25 bits per heavy atom. The molecule has 2 aromatic rings. The summed E-state index contributed by atoms with van der Waals surface area (Å²) in [6.07, 6.45) is -1.67. The summed E-state index contributed by atoms with van der Waals surface area (Å²) >= 11 is 0. The Morgan fingerprint density at radius 3 is 2.60 bits per heavy atom. The molecular weight excluding hydrogens is 275 g/mol. The van der Waals surface area contributed by atoms with Gasteiger partial charge in [-0.1, -0.05) is 17.3 Å². The minimum atomic E-state index is -4.53. The summed E-state index contributed by atoms with van der Waals surface area (Å²) in [5.41, 5.74) is -0.454. The van der Waals surface area contributed by atoms with Crippen LogP contribution in [0.5, 0.6) is 11.5 Å². The lowest BCUT2D eigenvalue weighted by atomic mass is 10.2. The minimum absolute atomic E-state index is 0.0237. The molecule has 20 heavy (non-hydrogen) atoms. The molecule has 1 heterocycles. The number of aromatic nitrogens is 1. The number of alkyl halides is 3. The molecule has 0 saturated carbocycles. The van der Waals surface area contributed by atoms with Crippen LogP contribution in [0.15, 0.2) is 28.8 Å². The van der Waals surface area contributed by atoms with E-state index in [1.165, 1.54) is 31.4 Å². The van der Waals surface area contributed by atoms with Gasteiger partial charge in [0.2, 0.25) is 0 Å². The molecule has 0 atom stereocenters. The van der Waals surface area contributed by atoms with Crippen molar-refractivity contribution in [1.29, 1.82) is 0 Å². The first-order chi connectivity index (χ1) is 9.40. The summed E-state index contributed by atoms with van der Waals surface area (Å²) in [6.45, 7) is 0. The first-order valence-electron chi connectivity index (χ1n) is 5.49. The molecule has 106 valence electrons. The maximum absolute atomic E-state index is 12.3. The summed E-state index contributed by atoms with van der Waals surface area (Å²) in [6, 6.07) is 5.33. The van der Waals surface area contributed by atoms with E-state index in [1.807, 2.05) is 0 Å². The highest BCUT2D eigenvalue weighted by molar-refractivity contribution is 5.69. The number of rotatable bonds is 3. The standard InChI is InChI=1S/C13H10F3NO3/c1-19-11-6-8(3-5-10(11)18)2-4-9-7-12(17-20-9)13(14,15)16/h2-7,18H,1H3. The van der Waals surface area contributed by atoms with Gasteiger partial charge >= 0.3 is 6.18 Å². The van der Waals surface area contributed by atoms with E-state index in [-0.39, 0.29) is 17.3 Å². The van der Waals surface area contributed by atoms with E-state index in [2.05, 4.69) is 9.68 Å². The largest absolute Gasteiger partial charge is 0.504 e. The van der Waals surface area contributed by atoms with Crippen LogP contribution < -0.4 is 4.74 Å². The van der Waals surface area contributed by atoms with Crippen molar-refractivity contribution in [3.63, 3.8) is 0 Å². The van der Waals surface area contributed by atoms with Crippen LogP contribution in [0.3, 0.4) is 0 Å². The number of hydrogen-bond acceptors (Lipinski definition) is 4. The van der Waals surface area contributed by atoms with Gasteiger partial charge in [-0.25, -0.2) is 0 Å². The predicted molar refractivity (Wildman–Crippen MR) is 65.1 cm³/mol. The fourth-order valence-corrected chi connectivity index (χ4v) is 1.48. The monoisotopic (exact) mass is 285 g/mol. The number of phenols is 1. The number of methoxy groups -OCH3 is 1. The summed E-state index contributed by atoms with van der Waals surface area (Å²) < 4.78 is 46.4. The molecule has 0 aliphatic rings. The van der Waals surface area contributed by atoms with Gasteiger partial charge in [0.25, 0.3) is 0 Å². The van der Waals surface area contributed by atoms with Crippen molar-refractivity contribution in [1.82, 2.24) is 5.16 Å². The molecule has 4 nitrogen and oxygen atoms in total. The van der Waals surface area contributed by atoms with E-state index in [9.17, 15) is 18.3 Å². The molecule has 0 fully saturated rings. The number of aromatic hydroxyl groups is 1. The quantitative estimate of drug-likeness (QED) is 0.936. The summed E-state index contributed by atoms with van der Waals surface area (Å²) in [4.78, 5) is 0. The number of nitrogens with zero attached hydrogens (tertiary/aromatic N) is 1. The molecule has 0 bridgehead atoms. The van der Waals surface area contributed by atoms with Crippen LogP contribution in [0.2, 0.25) is 0 Å². The molecule has 1 aromatic heterocycles. The van der Waals surface area contributed by atoms with Gasteiger partial charge in [-0.05, 0) is 23.8 Å². The Balaban J connectivity index is 2.19. The SMILES string of the molecule is COc1cc(C=Cc2cc(C(F)(F)F)no2)ccc1O. The van der Waals surface area contributed by atoms with E-state index in [0.717, 1.165) is 6.07 Å². The van der Waals surface area contributed by atoms with Crippen molar-refractivity contribution in [2.45, 2.75) is 6.18 Å². The second-order valence-corrected chi connectivity index (χ2v) is 3.88. The van der Waals surface area contributed by atoms with Crippen LogP contribution in [0.25, 0.3) is 12.2 Å². The van der Waals surface area contributed by atoms with Gasteiger partial charge in [-0.2, -0.15) is 13.2 Å². The molecule has 0 amide bonds. The molecule has 0 radical (unpaired) electrons. The third-order valence-electron chi connectivity index (χ3n) is 2.46. The topological polar surface area (TPSA) is 55.5 Å². The van der Waals surface area contributed by atoms with Crippen LogP contribution in [-0.4, -0.2) is 17.4 Å². The highest BCUT2D eigenvalue weighted by Crippen LogP contribution is 2.29. The summed E-state index contributed by atoms with van der Waals surface area (Å²) in [7, 11) is 1.40. The van der Waals surface area contributed by atoms with Crippen LogP contribution in [0.4, 0.5) is 13.2 Å². The molecule has 7 heteroatoms. The zero-order chi connectivity index (χ0) is 14.8. The number of hydrogen-bond donors (Lipinski definition) is 1. The summed E-state index contributed by atoms with van der Waals surface area (Å²) in [5, 5.41) is 12.3. The van der Waals surface area contributed by atoms with Crippen LogP contribution in [-0.2, 0) is 6.18 Å². The first-order valence-corrected chi connectivity index (χ1v) is 5.49. The highest BCUT2D eigenvalue weighted by atomic mass is 19.4. The molecule has 1 aromatic carbocycles. The van der Waals surface area contributed by atoms with Crippen molar-refractivity contribution >= 4 is 12.2 Å². The lowest BCUT2D eigenvalue weighted by Gasteiger charge is -2.03. The van der Waals surface area contributed by atoms with Gasteiger partial charge in [-0.15, -0.1) is 0 Å². The molecule has 0 saturated heterocycles. The Kier molecular flexibility index (Phi) is 3.69. The first kappa shape index (κ1) is 14.0. The van der Waals surface area contributed by atoms with Gasteiger partial charge in [0.05, 0.1) is 7.11 Å². The van der Waals surface area contributed by atoms with Gasteiger partial charge < -0.3 is 14.4 Å². The smallest absolute Gasteiger partial charge is 0.436 e. The van der Waals surface area contributed by atoms with Crippen molar-refractivity contribution in [2.75, 3.05) is 7.11 Å². The maximum Gasteiger partial charge on any atom is 0.436 e. The average molecular weight is 285 g/mol. The number of benzene rings is 1. The Morgan fingerprint density at radius 2 is 2.00 bits per heavy atom. The third kappa shape index (κ3) is 3.11. The third-order valence-corrected chi connectivity index (χ3v) is 2.46. The van der Waals surface area contributed by atoms with Gasteiger partial charge in [0.1, 0.15) is 0 Å². The number of phenolic OH excluding ortho intramolecular Hbond substituents is 1. The molecule has 0 aliphatic carbocycles. The van der Waals surface area contributed by atoms with Crippen LogP contribution in [0, 0.1) is 0 Å². The minimum Gasteiger partial charge on any atom is -0.504 e. The Labute approximate surface area is 112 Å². The highest BCUT2D eigenvalue weighted by Gasteiger charge is 2.34. The lowest BCUT2D eigenvalue weighted by Crippen LogP contribution is -2.04. The Bertz CT molecular complexity index is 632. The normalized spacial score (nSPS) is 12.0. The zero-order valence-electron chi connectivity index (χ0n) is 10.3. The van der Waals surface area contributed by atoms with E-state index in [0.29, 0.717) is 5.56 Å². The molecule has 2 rings (SSSR count). The molecule has 0 unspecified atom stereocenters. The van der Waals surface area contributed by atoms with Crippen molar-refractivity contribution in [3.05, 3.63) is 41.3 Å². The molecule has 0 spiro atoms. The van der Waals surface area contributed by atoms with E-state index < -0.39 is 11.9 Å². The predicted octanol–water partition coefficient (Wildman–Crippen LogP) is 3.58. The summed E-state index contributed by atoms with van der Waals surface area (Å²) in [5.74, 6) is 0.216. The van der Waals surface area contributed by atoms with Gasteiger partial charge in [0.15, 0.2) is 23.0 Å². The maximum atomic E-state index is 12.3. The van der Waals surface area contributed by atoms with Crippen molar-refractivity contribution in [2.24, 2.45) is 0 Å². The number of ether oxygens (including phenoxy) is 1. The second kappa shape index (κ2) is 5.28. The number of halogens is 3. The fourth-order valence-electron chi connectivity index (χ4n) is 1.48. The lowest BCUT2D eigenvalue weighted by molar-refractivity contribution is -0.142. The molecular formula is C13H10F3NO3. The molecule has 0 aliphatic heterocycles. The second-order valence-electron chi connectivity index (χ2n) is 3.88. The van der Waals surface area contributed by atoms with Gasteiger partial charge in [0, 0.05) is 6.07 Å². The van der Waals surface area contributed by atoms with Crippen LogP contribution >= 0.6 is 0 Å². The van der Waals surface area contributed by atoms with Crippen LogP contribution in [0.1, 0.15) is 17.0 Å². The average Bonchev–Trinajstić information content (AvgIpc) is 2.86. The van der Waals surface area contributed by atoms with Gasteiger partial charge in [-0.3, -0.25) is 0 Å². The van der Waals surface area contributed by atoms with E-state index in [4.69, 9.17) is 4.74 Å². The van der Waals surface area contributed by atoms with E-state index >= 15 is 0 Å². The molecule has 1 N–H and O–H groups in total.